The zero-order chi connectivity index (χ0) is 36.6. The zero-order valence-corrected chi connectivity index (χ0v) is 31.4. The van der Waals surface area contributed by atoms with Crippen LogP contribution in [-0.2, 0) is 32.2 Å². The molecular formula is C39H44N6O5SSi. The number of thiocarbonyl (C=S) groups is 1. The van der Waals surface area contributed by atoms with Crippen LogP contribution in [0, 0.1) is 11.5 Å². The molecule has 6 rings (SSSR count). The first-order valence-electron chi connectivity index (χ1n) is 17.5. The van der Waals surface area contributed by atoms with Crippen LogP contribution in [0.25, 0.3) is 11.2 Å². The van der Waals surface area contributed by atoms with Gasteiger partial charge in [0, 0.05) is 12.2 Å². The lowest BCUT2D eigenvalue weighted by Crippen LogP contribution is -2.49. The van der Waals surface area contributed by atoms with Crippen LogP contribution in [0.5, 0.6) is 5.75 Å². The molecule has 0 saturated carbocycles. The van der Waals surface area contributed by atoms with Gasteiger partial charge in [-0.1, -0.05) is 106 Å². The number of ether oxygens (including phenoxy) is 5. The van der Waals surface area contributed by atoms with E-state index in [1.54, 1.807) is 23.0 Å². The summed E-state index contributed by atoms with van der Waals surface area (Å²) in [5.41, 5.74) is 17.5. The monoisotopic (exact) mass is 736 g/mol. The first kappa shape index (κ1) is 36.9. The highest BCUT2D eigenvalue weighted by Crippen LogP contribution is 2.43. The molecule has 1 aliphatic rings. The van der Waals surface area contributed by atoms with Crippen LogP contribution in [0.3, 0.4) is 0 Å². The third-order valence-corrected chi connectivity index (χ3v) is 14.5. The number of hydrogen-bond acceptors (Lipinski definition) is 11. The van der Waals surface area contributed by atoms with Crippen molar-refractivity contribution >= 4 is 48.5 Å². The second kappa shape index (κ2) is 16.7. The van der Waals surface area contributed by atoms with Crippen LogP contribution in [0.2, 0.25) is 18.1 Å². The van der Waals surface area contributed by atoms with E-state index < -0.39 is 32.1 Å². The van der Waals surface area contributed by atoms with E-state index >= 15 is 0 Å². The molecule has 52 heavy (non-hydrogen) atoms. The molecule has 1 saturated heterocycles. The minimum Gasteiger partial charge on any atom is -0.445 e. The fourth-order valence-electron chi connectivity index (χ4n) is 6.35. The smallest absolute Gasteiger partial charge is 0.358 e. The van der Waals surface area contributed by atoms with Crippen molar-refractivity contribution in [3.63, 3.8) is 0 Å². The Morgan fingerprint density at radius 1 is 0.885 bits per heavy atom. The molecule has 1 fully saturated rings. The summed E-state index contributed by atoms with van der Waals surface area (Å²) in [6.07, 6.45) is -1.13. The molecule has 1 aliphatic heterocycles. The lowest BCUT2D eigenvalue weighted by Gasteiger charge is -2.31. The number of rotatable bonds is 13. The van der Waals surface area contributed by atoms with Gasteiger partial charge in [-0.3, -0.25) is 4.57 Å². The Balaban J connectivity index is 1.49. The van der Waals surface area contributed by atoms with Crippen LogP contribution in [-0.4, -0.2) is 57.2 Å². The van der Waals surface area contributed by atoms with E-state index in [-0.39, 0.29) is 30.2 Å². The highest BCUT2D eigenvalue weighted by molar-refractivity contribution is 7.79. The summed E-state index contributed by atoms with van der Waals surface area (Å²) in [5.74, 6) is 4.29. The fourth-order valence-corrected chi connectivity index (χ4v) is 9.07. The topological polar surface area (TPSA) is 142 Å². The highest BCUT2D eigenvalue weighted by Gasteiger charge is 2.59. The van der Waals surface area contributed by atoms with Crippen LogP contribution >= 0.6 is 12.2 Å². The number of aromatic nitrogens is 4. The molecule has 3 aromatic carbocycles. The van der Waals surface area contributed by atoms with Crippen molar-refractivity contribution in [2.75, 3.05) is 18.1 Å². The van der Waals surface area contributed by atoms with Crippen molar-refractivity contribution in [2.45, 2.75) is 76.2 Å². The number of imidazole rings is 1. The Kier molecular flexibility index (Phi) is 11.8. The van der Waals surface area contributed by atoms with Gasteiger partial charge in [0.15, 0.2) is 29.4 Å². The minimum absolute atomic E-state index is 0.0103. The molecule has 4 atom stereocenters. The van der Waals surface area contributed by atoms with E-state index in [0.717, 1.165) is 29.3 Å². The van der Waals surface area contributed by atoms with E-state index in [2.05, 4.69) is 47.2 Å². The van der Waals surface area contributed by atoms with Gasteiger partial charge in [0.25, 0.3) is 0 Å². The number of para-hydroxylation sites is 1. The SMILES string of the molecule is CC[Si](C#C[C@]1(COCc2ccccc2)O[C@@H](n2cnc3c(N)nc(N)nc32)[C@H](OC(=S)Oc2ccccc2)[C@@H]1OCc1ccccc1)(CC)CC. The summed E-state index contributed by atoms with van der Waals surface area (Å²) in [6.45, 7) is 7.27. The molecule has 0 aliphatic carbocycles. The summed E-state index contributed by atoms with van der Waals surface area (Å²) >= 11 is 5.72. The highest BCUT2D eigenvalue weighted by atomic mass is 32.1. The molecule has 5 aromatic rings. The summed E-state index contributed by atoms with van der Waals surface area (Å²) in [6, 6.07) is 32.0. The zero-order valence-electron chi connectivity index (χ0n) is 29.6. The Morgan fingerprint density at radius 3 is 2.13 bits per heavy atom. The first-order valence-corrected chi connectivity index (χ1v) is 20.5. The maximum Gasteiger partial charge on any atom is 0.358 e. The summed E-state index contributed by atoms with van der Waals surface area (Å²) < 4.78 is 34.8. The fraction of sp³-hybridized carbons (Fsp3) is 0.333. The molecule has 4 N–H and O–H groups in total. The van der Waals surface area contributed by atoms with E-state index in [9.17, 15) is 0 Å². The van der Waals surface area contributed by atoms with E-state index in [1.165, 1.54) is 0 Å². The second-order valence-corrected chi connectivity index (χ2v) is 18.0. The quantitative estimate of drug-likeness (QED) is 0.0744. The van der Waals surface area contributed by atoms with E-state index in [4.69, 9.17) is 47.4 Å². The van der Waals surface area contributed by atoms with Crippen LogP contribution in [0.15, 0.2) is 97.3 Å². The van der Waals surface area contributed by atoms with Gasteiger partial charge in [0.05, 0.1) is 26.1 Å². The average molecular weight is 737 g/mol. The summed E-state index contributed by atoms with van der Waals surface area (Å²) in [4.78, 5) is 13.1. The molecule has 270 valence electrons. The Morgan fingerprint density at radius 2 is 1.50 bits per heavy atom. The maximum absolute atomic E-state index is 7.15. The predicted molar refractivity (Wildman–Crippen MR) is 208 cm³/mol. The molecule has 0 amide bonds. The van der Waals surface area contributed by atoms with Gasteiger partial charge in [0.1, 0.15) is 25.4 Å². The standard InChI is InChI=1S/C39H44N6O5SSi/c1-4-52(5-2,6-3)23-22-39(26-46-24-28-16-10-7-11-17-28)33(47-25-29-18-12-8-13-19-29)32(49-38(51)48-30-20-14-9-15-21-30)36(50-39)45-27-42-31-34(40)43-37(41)44-35(31)45/h7-21,27,32-33,36H,4-6,24-26H2,1-3H3,(H4,40,41,43,44)/t32-,33+,36-,39-/m1/s1. The molecule has 11 nitrogen and oxygen atoms in total. The number of nitrogens with zero attached hydrogens (tertiary/aromatic N) is 4. The lowest BCUT2D eigenvalue weighted by atomic mass is 9.96. The van der Waals surface area contributed by atoms with Gasteiger partial charge in [-0.05, 0) is 41.4 Å². The van der Waals surface area contributed by atoms with Gasteiger partial charge in [0.2, 0.25) is 5.95 Å². The number of benzene rings is 3. The number of hydrogen-bond donors (Lipinski definition) is 2. The van der Waals surface area contributed by atoms with Crippen molar-refractivity contribution in [1.82, 2.24) is 19.5 Å². The first-order chi connectivity index (χ1) is 25.3. The molecule has 2 aromatic heterocycles. The van der Waals surface area contributed by atoms with Crippen molar-refractivity contribution in [2.24, 2.45) is 0 Å². The minimum atomic E-state index is -2.02. The largest absolute Gasteiger partial charge is 0.445 e. The third kappa shape index (κ3) is 8.27. The van der Waals surface area contributed by atoms with E-state index in [0.29, 0.717) is 23.5 Å². The number of nitrogen functional groups attached to an aromatic ring is 2. The molecule has 0 radical (unpaired) electrons. The normalized spacial score (nSPS) is 19.9. The van der Waals surface area contributed by atoms with Gasteiger partial charge >= 0.3 is 5.24 Å². The van der Waals surface area contributed by atoms with Crippen molar-refractivity contribution in [3.05, 3.63) is 108 Å². The molecular weight excluding hydrogens is 693 g/mol. The summed E-state index contributed by atoms with van der Waals surface area (Å²) in [5, 5.41) is -0.121. The third-order valence-electron chi connectivity index (χ3n) is 9.56. The van der Waals surface area contributed by atoms with Crippen molar-refractivity contribution < 1.29 is 23.7 Å². The number of nitrogens with two attached hydrogens (primary N) is 2. The number of anilines is 2. The van der Waals surface area contributed by atoms with Gasteiger partial charge in [-0.15, -0.1) is 5.54 Å². The predicted octanol–water partition coefficient (Wildman–Crippen LogP) is 6.86. The molecule has 0 unspecified atom stereocenters. The molecule has 0 bridgehead atoms. The maximum atomic E-state index is 7.15. The van der Waals surface area contributed by atoms with Crippen molar-refractivity contribution in [1.29, 1.82) is 0 Å². The number of fused-ring (bicyclic) bond motifs is 1. The Hall–Kier alpha value is -4.84. The Labute approximate surface area is 310 Å². The molecule has 13 heteroatoms. The second-order valence-electron chi connectivity index (χ2n) is 12.7. The van der Waals surface area contributed by atoms with Gasteiger partial charge < -0.3 is 35.2 Å². The van der Waals surface area contributed by atoms with Gasteiger partial charge in [-0.25, -0.2) is 4.98 Å². The van der Waals surface area contributed by atoms with Crippen molar-refractivity contribution in [3.8, 4) is 17.2 Å². The lowest BCUT2D eigenvalue weighted by molar-refractivity contribution is -0.123. The van der Waals surface area contributed by atoms with Crippen LogP contribution < -0.4 is 16.2 Å². The summed E-state index contributed by atoms with van der Waals surface area (Å²) in [7, 11) is -2.02. The van der Waals surface area contributed by atoms with Crippen LogP contribution in [0.1, 0.15) is 38.1 Å². The molecule has 0 spiro atoms. The van der Waals surface area contributed by atoms with Crippen LogP contribution in [0.4, 0.5) is 11.8 Å². The Bertz CT molecular complexity index is 2000. The molecule has 3 heterocycles. The van der Waals surface area contributed by atoms with Gasteiger partial charge in [-0.2, -0.15) is 9.97 Å². The van der Waals surface area contributed by atoms with E-state index in [1.807, 2.05) is 78.9 Å². The average Bonchev–Trinajstić information content (AvgIpc) is 3.71.